The van der Waals surface area contributed by atoms with Crippen LogP contribution in [0, 0.1) is 0 Å². The van der Waals surface area contributed by atoms with Gasteiger partial charge in [-0.05, 0) is 31.2 Å². The molecule has 35 heavy (non-hydrogen) atoms. The Morgan fingerprint density at radius 3 is 2.34 bits per heavy atom. The molecule has 0 saturated carbocycles. The quantitative estimate of drug-likeness (QED) is 0.467. The van der Waals surface area contributed by atoms with E-state index in [0.717, 1.165) is 22.7 Å². The lowest BCUT2D eigenvalue weighted by atomic mass is 10.2. The summed E-state index contributed by atoms with van der Waals surface area (Å²) in [4.78, 5) is 33.6. The molecule has 1 aliphatic rings. The number of nitrogens with one attached hydrogen (secondary N) is 1. The van der Waals surface area contributed by atoms with Crippen molar-refractivity contribution in [3.63, 3.8) is 0 Å². The van der Waals surface area contributed by atoms with Crippen LogP contribution in [-0.4, -0.2) is 53.3 Å². The first-order chi connectivity index (χ1) is 17.1. The Labute approximate surface area is 203 Å². The van der Waals surface area contributed by atoms with E-state index in [1.807, 2.05) is 71.3 Å². The Morgan fingerprint density at radius 1 is 0.971 bits per heavy atom. The fourth-order valence-electron chi connectivity index (χ4n) is 4.33. The predicted octanol–water partition coefficient (Wildman–Crippen LogP) is 4.41. The van der Waals surface area contributed by atoms with Crippen molar-refractivity contribution in [1.82, 2.24) is 14.5 Å². The normalized spacial score (nSPS) is 13.6. The van der Waals surface area contributed by atoms with Crippen LogP contribution in [0.4, 0.5) is 22.1 Å². The fourth-order valence-corrected chi connectivity index (χ4v) is 4.33. The number of nitrogens with zero attached hydrogens (tertiary/aromatic N) is 4. The first-order valence-corrected chi connectivity index (χ1v) is 11.7. The van der Waals surface area contributed by atoms with Gasteiger partial charge in [-0.2, -0.15) is 0 Å². The molecular weight excluding hydrogens is 442 g/mol. The average Bonchev–Trinajstić information content (AvgIpc) is 2.90. The first-order valence-electron chi connectivity index (χ1n) is 11.7. The van der Waals surface area contributed by atoms with Crippen LogP contribution in [0.3, 0.4) is 0 Å². The van der Waals surface area contributed by atoms with Crippen molar-refractivity contribution in [2.45, 2.75) is 6.92 Å². The summed E-state index contributed by atoms with van der Waals surface area (Å²) in [5.74, 6) is 1.44. The maximum Gasteiger partial charge on any atom is 0.409 e. The molecule has 0 aliphatic carbocycles. The molecule has 5 rings (SSSR count). The van der Waals surface area contributed by atoms with Gasteiger partial charge in [0.2, 0.25) is 0 Å². The number of piperazine rings is 1. The smallest absolute Gasteiger partial charge is 0.409 e. The number of carbonyl (C=O) groups is 1. The first kappa shape index (κ1) is 22.5. The number of fused-ring (bicyclic) bond motifs is 1. The Bertz CT molecular complexity index is 1380. The molecule has 8 heteroatoms. The molecule has 1 N–H and O–H groups in total. The second-order valence-corrected chi connectivity index (χ2v) is 8.29. The second kappa shape index (κ2) is 9.89. The molecule has 0 bridgehead atoms. The SMILES string of the molecule is CCOC(=O)N1CCN(c2cc3c(cn2)c(=O)cc(Nc2ccccc2)n3-c2ccccc2)CC1. The Morgan fingerprint density at radius 2 is 1.66 bits per heavy atom. The third-order valence-corrected chi connectivity index (χ3v) is 6.07. The van der Waals surface area contributed by atoms with Crippen molar-refractivity contribution in [2.24, 2.45) is 0 Å². The number of ether oxygens (including phenoxy) is 1. The number of aromatic nitrogens is 2. The van der Waals surface area contributed by atoms with Crippen molar-refractivity contribution in [2.75, 3.05) is 43.0 Å². The number of pyridine rings is 2. The average molecular weight is 470 g/mol. The zero-order chi connectivity index (χ0) is 24.2. The summed E-state index contributed by atoms with van der Waals surface area (Å²) in [6.07, 6.45) is 1.37. The molecule has 8 nitrogen and oxygen atoms in total. The number of para-hydroxylation sites is 2. The zero-order valence-electron chi connectivity index (χ0n) is 19.6. The molecule has 1 aliphatic heterocycles. The summed E-state index contributed by atoms with van der Waals surface area (Å²) in [5.41, 5.74) is 2.48. The van der Waals surface area contributed by atoms with E-state index in [9.17, 15) is 9.59 Å². The molecule has 1 saturated heterocycles. The molecule has 178 valence electrons. The van der Waals surface area contributed by atoms with Gasteiger partial charge in [0.25, 0.3) is 0 Å². The Kier molecular flexibility index (Phi) is 6.34. The van der Waals surface area contributed by atoms with Crippen LogP contribution >= 0.6 is 0 Å². The van der Waals surface area contributed by atoms with E-state index in [0.29, 0.717) is 44.0 Å². The minimum Gasteiger partial charge on any atom is -0.450 e. The molecular formula is C27H27N5O3. The van der Waals surface area contributed by atoms with E-state index in [4.69, 9.17) is 4.74 Å². The van der Waals surface area contributed by atoms with Crippen molar-refractivity contribution in [3.8, 4) is 5.69 Å². The summed E-state index contributed by atoms with van der Waals surface area (Å²) in [5, 5.41) is 3.95. The lowest BCUT2D eigenvalue weighted by molar-refractivity contribution is 0.105. The minimum atomic E-state index is -0.284. The lowest BCUT2D eigenvalue weighted by Crippen LogP contribution is -2.49. The number of anilines is 3. The number of amides is 1. The molecule has 1 fully saturated rings. The highest BCUT2D eigenvalue weighted by Gasteiger charge is 2.23. The molecule has 2 aromatic carbocycles. The van der Waals surface area contributed by atoms with E-state index in [2.05, 4.69) is 15.2 Å². The molecule has 2 aromatic heterocycles. The van der Waals surface area contributed by atoms with Crippen LogP contribution in [0.5, 0.6) is 0 Å². The zero-order valence-corrected chi connectivity index (χ0v) is 19.6. The van der Waals surface area contributed by atoms with E-state index in [1.165, 1.54) is 0 Å². The molecule has 0 spiro atoms. The topological polar surface area (TPSA) is 79.7 Å². The largest absolute Gasteiger partial charge is 0.450 e. The highest BCUT2D eigenvalue weighted by Crippen LogP contribution is 2.27. The van der Waals surface area contributed by atoms with Crippen LogP contribution in [0.15, 0.2) is 83.8 Å². The molecule has 3 heterocycles. The van der Waals surface area contributed by atoms with E-state index in [1.54, 1.807) is 24.1 Å². The standard InChI is InChI=1S/C27H27N5O3/c1-2-35-27(34)31-15-13-30(14-16-31)25-17-23-22(19-28-25)24(33)18-26(29-20-9-5-3-6-10-20)32(23)21-11-7-4-8-12-21/h3-12,17-19,29H,2,13-16H2,1H3. The summed E-state index contributed by atoms with van der Waals surface area (Å²) < 4.78 is 7.17. The van der Waals surface area contributed by atoms with Crippen molar-refractivity contribution >= 4 is 34.3 Å². The second-order valence-electron chi connectivity index (χ2n) is 8.29. The molecule has 0 radical (unpaired) electrons. The summed E-state index contributed by atoms with van der Waals surface area (Å²) >= 11 is 0. The van der Waals surface area contributed by atoms with Crippen LogP contribution in [0.2, 0.25) is 0 Å². The number of benzene rings is 2. The summed E-state index contributed by atoms with van der Waals surface area (Å²) in [7, 11) is 0. The van der Waals surface area contributed by atoms with Gasteiger partial charge < -0.3 is 19.9 Å². The molecule has 1 amide bonds. The molecule has 4 aromatic rings. The van der Waals surface area contributed by atoms with Gasteiger partial charge in [0.05, 0.1) is 17.5 Å². The number of carbonyl (C=O) groups excluding carboxylic acids is 1. The van der Waals surface area contributed by atoms with Gasteiger partial charge >= 0.3 is 6.09 Å². The van der Waals surface area contributed by atoms with Crippen LogP contribution in [0.25, 0.3) is 16.6 Å². The van der Waals surface area contributed by atoms with Crippen molar-refractivity contribution in [1.29, 1.82) is 0 Å². The summed E-state index contributed by atoms with van der Waals surface area (Å²) in [6.45, 7) is 4.55. The number of hydrogen-bond acceptors (Lipinski definition) is 6. The van der Waals surface area contributed by atoms with Gasteiger partial charge in [0, 0.05) is 55.9 Å². The minimum absolute atomic E-state index is 0.100. The molecule has 0 atom stereocenters. The van der Waals surface area contributed by atoms with Gasteiger partial charge in [0.1, 0.15) is 11.6 Å². The van der Waals surface area contributed by atoms with Crippen LogP contribution < -0.4 is 15.6 Å². The van der Waals surface area contributed by atoms with Crippen molar-refractivity contribution in [3.05, 3.63) is 89.2 Å². The van der Waals surface area contributed by atoms with Gasteiger partial charge in [-0.1, -0.05) is 36.4 Å². The predicted molar refractivity (Wildman–Crippen MR) is 138 cm³/mol. The highest BCUT2D eigenvalue weighted by molar-refractivity contribution is 5.85. The number of rotatable bonds is 5. The van der Waals surface area contributed by atoms with Crippen LogP contribution in [-0.2, 0) is 4.74 Å². The highest BCUT2D eigenvalue weighted by atomic mass is 16.6. The van der Waals surface area contributed by atoms with E-state index >= 15 is 0 Å². The van der Waals surface area contributed by atoms with E-state index in [-0.39, 0.29) is 11.5 Å². The Balaban J connectivity index is 1.56. The molecule has 0 unspecified atom stereocenters. The maximum absolute atomic E-state index is 13.1. The van der Waals surface area contributed by atoms with Crippen molar-refractivity contribution < 1.29 is 9.53 Å². The maximum atomic E-state index is 13.1. The van der Waals surface area contributed by atoms with Gasteiger partial charge in [0.15, 0.2) is 5.43 Å². The Hall–Kier alpha value is -4.33. The van der Waals surface area contributed by atoms with Gasteiger partial charge in [-0.25, -0.2) is 9.78 Å². The third-order valence-electron chi connectivity index (χ3n) is 6.07. The summed E-state index contributed by atoms with van der Waals surface area (Å²) in [6, 6.07) is 23.3. The van der Waals surface area contributed by atoms with Crippen LogP contribution in [0.1, 0.15) is 6.92 Å². The number of hydrogen-bond donors (Lipinski definition) is 1. The monoisotopic (exact) mass is 469 g/mol. The van der Waals surface area contributed by atoms with E-state index < -0.39 is 0 Å². The lowest BCUT2D eigenvalue weighted by Gasteiger charge is -2.34. The van der Waals surface area contributed by atoms with Gasteiger partial charge in [-0.3, -0.25) is 9.36 Å². The third kappa shape index (κ3) is 4.68. The fraction of sp³-hybridized carbons (Fsp3) is 0.222. The van der Waals surface area contributed by atoms with Gasteiger partial charge in [-0.15, -0.1) is 0 Å².